The van der Waals surface area contributed by atoms with E-state index in [4.69, 9.17) is 4.74 Å². The number of rotatable bonds is 4. The maximum Gasteiger partial charge on any atom is 0.253 e. The van der Waals surface area contributed by atoms with Crippen molar-refractivity contribution in [1.29, 1.82) is 0 Å². The molecule has 0 saturated carbocycles. The Balaban J connectivity index is 2.16. The topological polar surface area (TPSA) is 79.9 Å². The average molecular weight is 260 g/mol. The lowest BCUT2D eigenvalue weighted by atomic mass is 10.1. The van der Waals surface area contributed by atoms with E-state index in [1.807, 2.05) is 19.9 Å². The number of hydrogen-bond acceptors (Lipinski definition) is 5. The van der Waals surface area contributed by atoms with Gasteiger partial charge in [0.15, 0.2) is 0 Å². The fourth-order valence-electron chi connectivity index (χ4n) is 1.81. The van der Waals surface area contributed by atoms with Crippen LogP contribution in [0.3, 0.4) is 0 Å². The van der Waals surface area contributed by atoms with Crippen molar-refractivity contribution in [1.82, 2.24) is 15.0 Å². The Morgan fingerprint density at radius 1 is 1.42 bits per heavy atom. The number of aromatic nitrogens is 3. The lowest BCUT2D eigenvalue weighted by molar-refractivity contribution is 0.397. The number of anilines is 1. The van der Waals surface area contributed by atoms with Crippen LogP contribution in [0.25, 0.3) is 0 Å². The van der Waals surface area contributed by atoms with Crippen LogP contribution >= 0.6 is 0 Å². The minimum atomic E-state index is -0.0899. The Kier molecular flexibility index (Phi) is 3.79. The van der Waals surface area contributed by atoms with Gasteiger partial charge in [0.2, 0.25) is 11.8 Å². The maximum atomic E-state index is 11.8. The van der Waals surface area contributed by atoms with E-state index in [1.54, 1.807) is 19.4 Å². The zero-order valence-corrected chi connectivity index (χ0v) is 11.2. The summed E-state index contributed by atoms with van der Waals surface area (Å²) in [5.74, 6) is 0.908. The van der Waals surface area contributed by atoms with E-state index >= 15 is 0 Å². The van der Waals surface area contributed by atoms with Crippen molar-refractivity contribution in [2.24, 2.45) is 0 Å². The van der Waals surface area contributed by atoms with Crippen molar-refractivity contribution < 1.29 is 4.74 Å². The van der Waals surface area contributed by atoms with Gasteiger partial charge in [-0.15, -0.1) is 0 Å². The first-order valence-corrected chi connectivity index (χ1v) is 5.90. The highest BCUT2D eigenvalue weighted by Crippen LogP contribution is 2.09. The summed E-state index contributed by atoms with van der Waals surface area (Å²) in [7, 11) is 1.54. The number of nitrogens with zero attached hydrogens (tertiary/aromatic N) is 2. The second-order valence-corrected chi connectivity index (χ2v) is 4.22. The van der Waals surface area contributed by atoms with E-state index < -0.39 is 0 Å². The van der Waals surface area contributed by atoms with E-state index in [0.29, 0.717) is 23.9 Å². The Hall–Kier alpha value is -2.37. The van der Waals surface area contributed by atoms with Gasteiger partial charge >= 0.3 is 0 Å². The molecule has 0 saturated heterocycles. The molecule has 0 fully saturated rings. The van der Waals surface area contributed by atoms with E-state index in [0.717, 1.165) is 11.3 Å². The SMILES string of the molecule is COc1ccnc(NCc2c(C)cc(C)[nH]c2=O)n1. The highest BCUT2D eigenvalue weighted by molar-refractivity contribution is 5.32. The summed E-state index contributed by atoms with van der Waals surface area (Å²) in [5.41, 5.74) is 2.38. The number of ether oxygens (including phenoxy) is 1. The fourth-order valence-corrected chi connectivity index (χ4v) is 1.81. The predicted octanol–water partition coefficient (Wildman–Crippen LogP) is 1.40. The third-order valence-corrected chi connectivity index (χ3v) is 2.76. The van der Waals surface area contributed by atoms with Gasteiger partial charge in [0, 0.05) is 30.1 Å². The molecule has 0 bridgehead atoms. The zero-order chi connectivity index (χ0) is 13.8. The van der Waals surface area contributed by atoms with Gasteiger partial charge in [-0.05, 0) is 25.5 Å². The summed E-state index contributed by atoms with van der Waals surface area (Å²) < 4.78 is 5.01. The van der Waals surface area contributed by atoms with Gasteiger partial charge in [-0.2, -0.15) is 4.98 Å². The first kappa shape index (κ1) is 13.1. The molecule has 6 heteroatoms. The lowest BCUT2D eigenvalue weighted by Crippen LogP contribution is -2.19. The van der Waals surface area contributed by atoms with Gasteiger partial charge in [-0.25, -0.2) is 4.98 Å². The van der Waals surface area contributed by atoms with Crippen LogP contribution in [0.2, 0.25) is 0 Å². The normalized spacial score (nSPS) is 10.3. The summed E-state index contributed by atoms with van der Waals surface area (Å²) in [4.78, 5) is 22.8. The molecule has 0 aliphatic heterocycles. The molecule has 0 aromatic carbocycles. The zero-order valence-electron chi connectivity index (χ0n) is 11.2. The molecule has 0 amide bonds. The standard InChI is InChI=1S/C13H16N4O2/c1-8-6-9(2)16-12(18)10(8)7-15-13-14-5-4-11(17-13)19-3/h4-6H,7H2,1-3H3,(H,16,18)(H,14,15,17). The molecular formula is C13H16N4O2. The third-order valence-electron chi connectivity index (χ3n) is 2.76. The summed E-state index contributed by atoms with van der Waals surface area (Å²) in [6.45, 7) is 4.14. The first-order chi connectivity index (χ1) is 9.10. The highest BCUT2D eigenvalue weighted by Gasteiger charge is 2.06. The van der Waals surface area contributed by atoms with Crippen molar-refractivity contribution in [3.05, 3.63) is 45.5 Å². The molecule has 0 atom stereocenters. The van der Waals surface area contributed by atoms with Gasteiger partial charge < -0.3 is 15.0 Å². The summed E-state index contributed by atoms with van der Waals surface area (Å²) in [6, 6.07) is 3.60. The Labute approximate surface area is 110 Å². The molecule has 0 aliphatic carbocycles. The summed E-state index contributed by atoms with van der Waals surface area (Å²) in [6.07, 6.45) is 1.60. The molecule has 2 heterocycles. The van der Waals surface area contributed by atoms with E-state index in [2.05, 4.69) is 20.3 Å². The van der Waals surface area contributed by atoms with Gasteiger partial charge in [-0.1, -0.05) is 0 Å². The molecule has 0 radical (unpaired) electrons. The quantitative estimate of drug-likeness (QED) is 0.868. The van der Waals surface area contributed by atoms with Crippen molar-refractivity contribution >= 4 is 5.95 Å². The van der Waals surface area contributed by atoms with Crippen molar-refractivity contribution in [2.45, 2.75) is 20.4 Å². The molecule has 100 valence electrons. The van der Waals surface area contributed by atoms with E-state index in [1.165, 1.54) is 0 Å². The van der Waals surface area contributed by atoms with Crippen LogP contribution in [-0.2, 0) is 6.54 Å². The maximum absolute atomic E-state index is 11.8. The second-order valence-electron chi connectivity index (χ2n) is 4.22. The van der Waals surface area contributed by atoms with E-state index in [-0.39, 0.29) is 5.56 Å². The minimum absolute atomic E-state index is 0.0899. The number of hydrogen-bond donors (Lipinski definition) is 2. The first-order valence-electron chi connectivity index (χ1n) is 5.90. The molecule has 0 unspecified atom stereocenters. The second kappa shape index (κ2) is 5.51. The van der Waals surface area contributed by atoms with Crippen LogP contribution in [0.4, 0.5) is 5.95 Å². The monoisotopic (exact) mass is 260 g/mol. The molecule has 2 aromatic rings. The number of methoxy groups -OCH3 is 1. The Morgan fingerprint density at radius 3 is 2.89 bits per heavy atom. The molecular weight excluding hydrogens is 244 g/mol. The molecule has 2 aromatic heterocycles. The molecule has 2 N–H and O–H groups in total. The molecule has 19 heavy (non-hydrogen) atoms. The number of aromatic amines is 1. The van der Waals surface area contributed by atoms with Crippen LogP contribution < -0.4 is 15.6 Å². The summed E-state index contributed by atoms with van der Waals surface area (Å²) in [5, 5.41) is 3.01. The number of nitrogens with one attached hydrogen (secondary N) is 2. The van der Waals surface area contributed by atoms with Gasteiger partial charge in [0.05, 0.1) is 7.11 Å². The Bertz CT molecular complexity index is 637. The van der Waals surface area contributed by atoms with Gasteiger partial charge in [0.1, 0.15) is 0 Å². The lowest BCUT2D eigenvalue weighted by Gasteiger charge is -2.08. The predicted molar refractivity (Wildman–Crippen MR) is 72.4 cm³/mol. The number of H-pyrrole nitrogens is 1. The van der Waals surface area contributed by atoms with E-state index in [9.17, 15) is 4.79 Å². The number of aryl methyl sites for hydroxylation is 2. The number of pyridine rings is 1. The van der Waals surface area contributed by atoms with Crippen molar-refractivity contribution in [3.8, 4) is 5.88 Å². The van der Waals surface area contributed by atoms with Gasteiger partial charge in [0.25, 0.3) is 5.56 Å². The fraction of sp³-hybridized carbons (Fsp3) is 0.308. The minimum Gasteiger partial charge on any atom is -0.481 e. The van der Waals surface area contributed by atoms with Crippen molar-refractivity contribution in [3.63, 3.8) is 0 Å². The Morgan fingerprint density at radius 2 is 2.21 bits per heavy atom. The molecule has 0 aliphatic rings. The van der Waals surface area contributed by atoms with Crippen LogP contribution in [0, 0.1) is 13.8 Å². The highest BCUT2D eigenvalue weighted by atomic mass is 16.5. The largest absolute Gasteiger partial charge is 0.481 e. The average Bonchev–Trinajstić information content (AvgIpc) is 2.37. The smallest absolute Gasteiger partial charge is 0.253 e. The van der Waals surface area contributed by atoms with Crippen LogP contribution in [-0.4, -0.2) is 22.1 Å². The molecule has 6 nitrogen and oxygen atoms in total. The van der Waals surface area contributed by atoms with Crippen LogP contribution in [0.1, 0.15) is 16.8 Å². The van der Waals surface area contributed by atoms with Gasteiger partial charge in [-0.3, -0.25) is 4.79 Å². The third kappa shape index (κ3) is 3.09. The van der Waals surface area contributed by atoms with Crippen LogP contribution in [0.15, 0.2) is 23.1 Å². The van der Waals surface area contributed by atoms with Crippen molar-refractivity contribution in [2.75, 3.05) is 12.4 Å². The van der Waals surface area contributed by atoms with Crippen LogP contribution in [0.5, 0.6) is 5.88 Å². The molecule has 2 rings (SSSR count). The molecule has 0 spiro atoms. The summed E-state index contributed by atoms with van der Waals surface area (Å²) >= 11 is 0.